The van der Waals surface area contributed by atoms with E-state index in [0.717, 1.165) is 67.0 Å². The maximum atomic E-state index is 12.7. The number of hydrogen-bond acceptors (Lipinski definition) is 4. The number of nitrogens with two attached hydrogens (primary N) is 1. The molecule has 218 valence electrons. The zero-order valence-electron chi connectivity index (χ0n) is 24.5. The Bertz CT molecular complexity index is 1880. The van der Waals surface area contributed by atoms with Crippen molar-refractivity contribution in [3.8, 4) is 5.69 Å². The molecule has 1 amide bonds. The van der Waals surface area contributed by atoms with Crippen molar-refractivity contribution in [3.63, 3.8) is 0 Å². The van der Waals surface area contributed by atoms with Crippen LogP contribution < -0.4 is 5.73 Å². The Morgan fingerprint density at radius 3 is 2.28 bits per heavy atom. The molecule has 43 heavy (non-hydrogen) atoms. The maximum absolute atomic E-state index is 12.7. The lowest BCUT2D eigenvalue weighted by molar-refractivity contribution is -0.123. The van der Waals surface area contributed by atoms with Crippen LogP contribution in [0.3, 0.4) is 0 Å². The van der Waals surface area contributed by atoms with Crippen molar-refractivity contribution in [2.45, 2.75) is 57.5 Å². The quantitative estimate of drug-likeness (QED) is 0.193. The number of benzene rings is 3. The molecule has 1 saturated heterocycles. The number of carbonyl (C=O) groups excluding carboxylic acids is 1. The second-order valence-corrected chi connectivity index (χ2v) is 11.6. The second-order valence-electron chi connectivity index (χ2n) is 11.6. The van der Waals surface area contributed by atoms with Gasteiger partial charge in [0.05, 0.1) is 12.1 Å². The van der Waals surface area contributed by atoms with Gasteiger partial charge in [0, 0.05) is 46.3 Å². The lowest BCUT2D eigenvalue weighted by atomic mass is 10.0. The minimum Gasteiger partial charge on any atom is -0.368 e. The fraction of sp³-hybridized carbons (Fsp3) is 0.286. The molecule has 0 bridgehead atoms. The number of hydrogen-bond donors (Lipinski definition) is 3. The van der Waals surface area contributed by atoms with Crippen LogP contribution in [0.1, 0.15) is 54.1 Å². The van der Waals surface area contributed by atoms with Crippen molar-refractivity contribution in [1.29, 1.82) is 0 Å². The number of aromatic nitrogens is 5. The molecule has 7 rings (SSSR count). The monoisotopic (exact) mass is 571 g/mol. The number of H-pyrrole nitrogens is 2. The molecule has 8 nitrogen and oxygen atoms in total. The molecule has 0 unspecified atom stereocenters. The number of nitrogens with one attached hydrogen (secondary N) is 2. The van der Waals surface area contributed by atoms with Crippen molar-refractivity contribution in [2.75, 3.05) is 6.54 Å². The molecule has 8 heteroatoms. The van der Waals surface area contributed by atoms with Gasteiger partial charge in [-0.25, -0.2) is 0 Å². The van der Waals surface area contributed by atoms with Gasteiger partial charge in [0.25, 0.3) is 0 Å². The molecular weight excluding hydrogens is 534 g/mol. The first-order valence-corrected chi connectivity index (χ1v) is 15.3. The van der Waals surface area contributed by atoms with Crippen molar-refractivity contribution in [2.24, 2.45) is 5.73 Å². The minimum atomic E-state index is -0.336. The first-order chi connectivity index (χ1) is 21.1. The SMILES string of the molecule is CCc1ccc(-n2c(CCc3c[nH]c4ccccc34)nnc2[C@@H](Cc2c[nH]c3ccccc23)N2CCC[C@H]2C(N)=O)cc1. The normalized spacial score (nSPS) is 16.3. The number of aryl methyl sites for hydroxylation is 3. The third kappa shape index (κ3) is 5.12. The van der Waals surface area contributed by atoms with Crippen molar-refractivity contribution in [1.82, 2.24) is 29.6 Å². The number of primary amides is 1. The fourth-order valence-electron chi connectivity index (χ4n) is 6.79. The molecule has 4 N–H and O–H groups in total. The van der Waals surface area contributed by atoms with Gasteiger partial charge in [-0.2, -0.15) is 0 Å². The molecule has 3 aromatic carbocycles. The third-order valence-corrected chi connectivity index (χ3v) is 9.06. The number of nitrogens with zero attached hydrogens (tertiary/aromatic N) is 4. The van der Waals surface area contributed by atoms with Gasteiger partial charge in [0.2, 0.25) is 5.91 Å². The van der Waals surface area contributed by atoms with Gasteiger partial charge in [-0.3, -0.25) is 14.3 Å². The number of para-hydroxylation sites is 2. The van der Waals surface area contributed by atoms with Gasteiger partial charge < -0.3 is 15.7 Å². The average molecular weight is 572 g/mol. The van der Waals surface area contributed by atoms with E-state index in [-0.39, 0.29) is 18.0 Å². The van der Waals surface area contributed by atoms with E-state index in [1.54, 1.807) is 0 Å². The summed E-state index contributed by atoms with van der Waals surface area (Å²) < 4.78 is 2.23. The highest BCUT2D eigenvalue weighted by atomic mass is 16.1. The number of carbonyl (C=O) groups is 1. The van der Waals surface area contributed by atoms with E-state index < -0.39 is 0 Å². The highest BCUT2D eigenvalue weighted by Gasteiger charge is 2.38. The van der Waals surface area contributed by atoms with Crippen molar-refractivity contribution < 1.29 is 4.79 Å². The maximum Gasteiger partial charge on any atom is 0.234 e. The van der Waals surface area contributed by atoms with E-state index in [1.807, 2.05) is 6.07 Å². The van der Waals surface area contributed by atoms with Crippen LogP contribution >= 0.6 is 0 Å². The fourth-order valence-corrected chi connectivity index (χ4v) is 6.79. The summed E-state index contributed by atoms with van der Waals surface area (Å²) in [4.78, 5) is 21.8. The third-order valence-electron chi connectivity index (χ3n) is 9.06. The summed E-state index contributed by atoms with van der Waals surface area (Å²) >= 11 is 0. The highest BCUT2D eigenvalue weighted by molar-refractivity contribution is 5.84. The van der Waals surface area contributed by atoms with E-state index in [4.69, 9.17) is 15.9 Å². The molecule has 1 aliphatic heterocycles. The Kier molecular flexibility index (Phi) is 7.28. The second kappa shape index (κ2) is 11.5. The van der Waals surface area contributed by atoms with Gasteiger partial charge in [-0.15, -0.1) is 10.2 Å². The molecular formula is C35H37N7O. The smallest absolute Gasteiger partial charge is 0.234 e. The zero-order chi connectivity index (χ0) is 29.3. The Balaban J connectivity index is 1.32. The Morgan fingerprint density at radius 1 is 0.907 bits per heavy atom. The highest BCUT2D eigenvalue weighted by Crippen LogP contribution is 2.35. The summed E-state index contributed by atoms with van der Waals surface area (Å²) in [6.45, 7) is 2.95. The van der Waals surface area contributed by atoms with Crippen LogP contribution in [0.4, 0.5) is 0 Å². The van der Waals surface area contributed by atoms with Crippen LogP contribution in [-0.4, -0.2) is 48.1 Å². The van der Waals surface area contributed by atoms with Crippen molar-refractivity contribution >= 4 is 27.7 Å². The first-order valence-electron chi connectivity index (χ1n) is 15.3. The summed E-state index contributed by atoms with van der Waals surface area (Å²) in [6, 6.07) is 24.9. The van der Waals surface area contributed by atoms with Gasteiger partial charge in [0.15, 0.2) is 5.82 Å². The summed E-state index contributed by atoms with van der Waals surface area (Å²) in [5, 5.41) is 12.1. The molecule has 3 aromatic heterocycles. The van der Waals surface area contributed by atoms with Crippen LogP contribution in [0, 0.1) is 0 Å². The number of likely N-dealkylation sites (tertiary alicyclic amines) is 1. The lowest BCUT2D eigenvalue weighted by Crippen LogP contribution is -2.43. The minimum absolute atomic E-state index is 0.181. The molecule has 1 fully saturated rings. The van der Waals surface area contributed by atoms with Crippen molar-refractivity contribution in [3.05, 3.63) is 114 Å². The first kappa shape index (κ1) is 27.2. The van der Waals surface area contributed by atoms with E-state index >= 15 is 0 Å². The van der Waals surface area contributed by atoms with Crippen LogP contribution in [0.15, 0.2) is 85.2 Å². The molecule has 0 radical (unpaired) electrons. The average Bonchev–Trinajstić information content (AvgIpc) is 3.84. The van der Waals surface area contributed by atoms with Crippen LogP contribution in [0.25, 0.3) is 27.5 Å². The lowest BCUT2D eigenvalue weighted by Gasteiger charge is -2.31. The summed E-state index contributed by atoms with van der Waals surface area (Å²) in [7, 11) is 0. The molecule has 0 spiro atoms. The molecule has 1 aliphatic rings. The topological polar surface area (TPSA) is 109 Å². The Hall–Kier alpha value is -4.69. The van der Waals surface area contributed by atoms with E-state index in [2.05, 4.69) is 105 Å². The van der Waals surface area contributed by atoms with Gasteiger partial charge in [-0.05, 0) is 79.6 Å². The summed E-state index contributed by atoms with van der Waals surface area (Å²) in [6.07, 6.45) is 9.07. The number of rotatable bonds is 10. The number of amides is 1. The standard InChI is InChI=1S/C35H37N7O/c1-2-23-13-16-26(17-14-23)42-33(18-15-24-21-37-29-10-5-3-8-27(24)29)39-40-35(42)32(41-19-7-12-31(41)34(36)43)20-25-22-38-30-11-6-4-9-28(25)30/h3-6,8-11,13-14,16-17,21-22,31-32,37-38H,2,7,12,15,18-20H2,1H3,(H2,36,43)/t31-,32+/m0/s1. The molecule has 2 atom stereocenters. The summed E-state index contributed by atoms with van der Waals surface area (Å²) in [5.74, 6) is 1.47. The largest absolute Gasteiger partial charge is 0.368 e. The Morgan fingerprint density at radius 2 is 1.58 bits per heavy atom. The molecule has 4 heterocycles. The number of fused-ring (bicyclic) bond motifs is 2. The van der Waals surface area contributed by atoms with Gasteiger partial charge >= 0.3 is 0 Å². The van der Waals surface area contributed by atoms with E-state index in [0.29, 0.717) is 6.42 Å². The summed E-state index contributed by atoms with van der Waals surface area (Å²) in [5.41, 5.74) is 13.0. The van der Waals surface area contributed by atoms with Gasteiger partial charge in [0.1, 0.15) is 5.82 Å². The predicted octanol–water partition coefficient (Wildman–Crippen LogP) is 5.81. The predicted molar refractivity (Wildman–Crippen MR) is 170 cm³/mol. The molecule has 6 aromatic rings. The molecule has 0 aliphatic carbocycles. The number of aromatic amines is 2. The Labute approximate surface area is 250 Å². The van der Waals surface area contributed by atoms with E-state index in [1.165, 1.54) is 27.5 Å². The molecule has 0 saturated carbocycles. The van der Waals surface area contributed by atoms with Crippen LogP contribution in [0.2, 0.25) is 0 Å². The van der Waals surface area contributed by atoms with Crippen LogP contribution in [-0.2, 0) is 30.5 Å². The van der Waals surface area contributed by atoms with Gasteiger partial charge in [-0.1, -0.05) is 55.5 Å². The zero-order valence-corrected chi connectivity index (χ0v) is 24.5. The van der Waals surface area contributed by atoms with E-state index in [9.17, 15) is 4.79 Å². The van der Waals surface area contributed by atoms with Crippen LogP contribution in [0.5, 0.6) is 0 Å².